The molecule has 0 spiro atoms. The fourth-order valence-electron chi connectivity index (χ4n) is 3.49. The van der Waals surface area contributed by atoms with Gasteiger partial charge in [-0.2, -0.15) is 4.68 Å². The second-order valence-electron chi connectivity index (χ2n) is 6.38. The molecular formula is C23H16N4. The SMILES string of the molecule is c1ccc(-c2cc3cccc(-c4ccccc4)c3cc2-n2cnnn2)cc1. The highest BCUT2D eigenvalue weighted by molar-refractivity contribution is 6.01. The molecule has 0 atom stereocenters. The van der Waals surface area contributed by atoms with Gasteiger partial charge in [0, 0.05) is 5.56 Å². The van der Waals surface area contributed by atoms with E-state index >= 15 is 0 Å². The largest absolute Gasteiger partial charge is 0.200 e. The average molecular weight is 348 g/mol. The Hall–Kier alpha value is -3.79. The van der Waals surface area contributed by atoms with Gasteiger partial charge < -0.3 is 0 Å². The van der Waals surface area contributed by atoms with Gasteiger partial charge in [-0.25, -0.2) is 0 Å². The predicted molar refractivity (Wildman–Crippen MR) is 108 cm³/mol. The van der Waals surface area contributed by atoms with Gasteiger partial charge >= 0.3 is 0 Å². The van der Waals surface area contributed by atoms with Crippen molar-refractivity contribution in [2.75, 3.05) is 0 Å². The van der Waals surface area contributed by atoms with Gasteiger partial charge in [0.25, 0.3) is 0 Å². The molecule has 0 saturated carbocycles. The maximum atomic E-state index is 4.14. The van der Waals surface area contributed by atoms with E-state index in [1.165, 1.54) is 21.9 Å². The summed E-state index contributed by atoms with van der Waals surface area (Å²) in [6.45, 7) is 0. The van der Waals surface area contributed by atoms with Crippen molar-refractivity contribution in [3.63, 3.8) is 0 Å². The van der Waals surface area contributed by atoms with E-state index in [9.17, 15) is 0 Å². The Morgan fingerprint density at radius 2 is 1.33 bits per heavy atom. The van der Waals surface area contributed by atoms with Crippen molar-refractivity contribution in [2.45, 2.75) is 0 Å². The molecule has 0 aliphatic rings. The molecule has 0 radical (unpaired) electrons. The first-order valence-electron chi connectivity index (χ1n) is 8.81. The molecule has 4 nitrogen and oxygen atoms in total. The van der Waals surface area contributed by atoms with Crippen LogP contribution in [0.2, 0.25) is 0 Å². The van der Waals surface area contributed by atoms with Crippen molar-refractivity contribution in [2.24, 2.45) is 0 Å². The smallest absolute Gasteiger partial charge is 0.143 e. The highest BCUT2D eigenvalue weighted by Gasteiger charge is 2.13. The molecular weight excluding hydrogens is 332 g/mol. The molecule has 0 fully saturated rings. The highest BCUT2D eigenvalue weighted by atomic mass is 15.5. The van der Waals surface area contributed by atoms with E-state index < -0.39 is 0 Å². The lowest BCUT2D eigenvalue weighted by atomic mass is 9.94. The Labute approximate surface area is 156 Å². The van der Waals surface area contributed by atoms with Gasteiger partial charge in [0.05, 0.1) is 5.69 Å². The molecule has 0 amide bonds. The van der Waals surface area contributed by atoms with E-state index in [2.05, 4.69) is 82.3 Å². The third-order valence-electron chi connectivity index (χ3n) is 4.76. The van der Waals surface area contributed by atoms with Crippen LogP contribution in [0.15, 0.2) is 97.3 Å². The summed E-state index contributed by atoms with van der Waals surface area (Å²) in [7, 11) is 0. The number of hydrogen-bond donors (Lipinski definition) is 0. The molecule has 0 aliphatic carbocycles. The third kappa shape index (κ3) is 2.77. The van der Waals surface area contributed by atoms with Crippen LogP contribution in [-0.2, 0) is 0 Å². The minimum atomic E-state index is 0.960. The average Bonchev–Trinajstić information content (AvgIpc) is 3.28. The summed E-state index contributed by atoms with van der Waals surface area (Å²) in [5, 5.41) is 14.2. The van der Waals surface area contributed by atoms with Gasteiger partial charge in [0.2, 0.25) is 0 Å². The quantitative estimate of drug-likeness (QED) is 0.453. The van der Waals surface area contributed by atoms with E-state index in [4.69, 9.17) is 0 Å². The van der Waals surface area contributed by atoms with E-state index in [0.717, 1.165) is 16.8 Å². The van der Waals surface area contributed by atoms with Crippen LogP contribution < -0.4 is 0 Å². The van der Waals surface area contributed by atoms with Crippen LogP contribution in [-0.4, -0.2) is 20.2 Å². The molecule has 0 saturated heterocycles. The molecule has 4 aromatic carbocycles. The van der Waals surface area contributed by atoms with E-state index in [0.29, 0.717) is 0 Å². The van der Waals surface area contributed by atoms with Gasteiger partial charge in [0.1, 0.15) is 6.33 Å². The van der Waals surface area contributed by atoms with Crippen LogP contribution in [0, 0.1) is 0 Å². The van der Waals surface area contributed by atoms with Gasteiger partial charge in [-0.05, 0) is 50.0 Å². The number of rotatable bonds is 3. The maximum absolute atomic E-state index is 4.14. The zero-order chi connectivity index (χ0) is 18.1. The van der Waals surface area contributed by atoms with Gasteiger partial charge in [-0.1, -0.05) is 78.9 Å². The lowest BCUT2D eigenvalue weighted by molar-refractivity contribution is 0.791. The Kier molecular flexibility index (Phi) is 3.72. The van der Waals surface area contributed by atoms with Crippen LogP contribution in [0.25, 0.3) is 38.7 Å². The molecule has 0 bridgehead atoms. The van der Waals surface area contributed by atoms with Crippen LogP contribution in [0.1, 0.15) is 0 Å². The first-order valence-corrected chi connectivity index (χ1v) is 8.81. The van der Waals surface area contributed by atoms with Gasteiger partial charge in [-0.3, -0.25) is 0 Å². The summed E-state index contributed by atoms with van der Waals surface area (Å²) >= 11 is 0. The van der Waals surface area contributed by atoms with E-state index in [1.54, 1.807) is 11.0 Å². The lowest BCUT2D eigenvalue weighted by Crippen LogP contribution is -1.99. The van der Waals surface area contributed by atoms with Crippen molar-refractivity contribution >= 4 is 10.8 Å². The Bertz CT molecular complexity index is 1200. The fraction of sp³-hybridized carbons (Fsp3) is 0. The van der Waals surface area contributed by atoms with Crippen LogP contribution in [0.3, 0.4) is 0 Å². The molecule has 1 aromatic heterocycles. The summed E-state index contributed by atoms with van der Waals surface area (Å²) in [4.78, 5) is 0. The first-order chi connectivity index (χ1) is 13.4. The summed E-state index contributed by atoms with van der Waals surface area (Å²) in [5.41, 5.74) is 5.58. The number of tetrazole rings is 1. The summed E-state index contributed by atoms with van der Waals surface area (Å²) < 4.78 is 1.73. The Balaban J connectivity index is 1.83. The second-order valence-corrected chi connectivity index (χ2v) is 6.38. The molecule has 27 heavy (non-hydrogen) atoms. The van der Waals surface area contributed by atoms with Crippen LogP contribution in [0.4, 0.5) is 0 Å². The molecule has 128 valence electrons. The molecule has 0 unspecified atom stereocenters. The molecule has 5 aromatic rings. The molecule has 5 rings (SSSR count). The number of aromatic nitrogens is 4. The highest BCUT2D eigenvalue weighted by Crippen LogP contribution is 2.35. The lowest BCUT2D eigenvalue weighted by Gasteiger charge is -2.14. The molecule has 1 heterocycles. The standard InChI is InChI=1S/C23H16N4/c1-3-8-17(9-4-1)20-13-7-12-19-14-22(18-10-5-2-6-11-18)23(15-21(19)20)27-16-24-25-26-27/h1-16H. The normalized spacial score (nSPS) is 11.0. The topological polar surface area (TPSA) is 43.6 Å². The minimum absolute atomic E-state index is 0.960. The number of benzene rings is 4. The third-order valence-corrected chi connectivity index (χ3v) is 4.76. The minimum Gasteiger partial charge on any atom is -0.200 e. The number of fused-ring (bicyclic) bond motifs is 1. The van der Waals surface area contributed by atoms with Gasteiger partial charge in [-0.15, -0.1) is 5.10 Å². The molecule has 4 heteroatoms. The van der Waals surface area contributed by atoms with E-state index in [1.807, 2.05) is 24.3 Å². The Morgan fingerprint density at radius 1 is 0.630 bits per heavy atom. The van der Waals surface area contributed by atoms with Crippen molar-refractivity contribution in [3.05, 3.63) is 97.3 Å². The van der Waals surface area contributed by atoms with E-state index in [-0.39, 0.29) is 0 Å². The zero-order valence-corrected chi connectivity index (χ0v) is 14.5. The van der Waals surface area contributed by atoms with Crippen molar-refractivity contribution in [1.29, 1.82) is 0 Å². The van der Waals surface area contributed by atoms with Crippen LogP contribution in [0.5, 0.6) is 0 Å². The number of nitrogens with zero attached hydrogens (tertiary/aromatic N) is 4. The monoisotopic (exact) mass is 348 g/mol. The zero-order valence-electron chi connectivity index (χ0n) is 14.5. The molecule has 0 N–H and O–H groups in total. The predicted octanol–water partition coefficient (Wildman–Crippen LogP) is 5.15. The second kappa shape index (κ2) is 6.50. The fourth-order valence-corrected chi connectivity index (χ4v) is 3.49. The molecule has 0 aliphatic heterocycles. The summed E-state index contributed by atoms with van der Waals surface area (Å²) in [6, 6.07) is 31.6. The van der Waals surface area contributed by atoms with Crippen molar-refractivity contribution in [3.8, 4) is 27.9 Å². The number of hydrogen-bond acceptors (Lipinski definition) is 3. The maximum Gasteiger partial charge on any atom is 0.143 e. The summed E-state index contributed by atoms with van der Waals surface area (Å²) in [5.74, 6) is 0. The van der Waals surface area contributed by atoms with Crippen molar-refractivity contribution < 1.29 is 0 Å². The first kappa shape index (κ1) is 15.5. The van der Waals surface area contributed by atoms with Crippen LogP contribution >= 0.6 is 0 Å². The van der Waals surface area contributed by atoms with Crippen molar-refractivity contribution in [1.82, 2.24) is 20.2 Å². The summed E-state index contributed by atoms with van der Waals surface area (Å²) in [6.07, 6.45) is 1.64. The van der Waals surface area contributed by atoms with Gasteiger partial charge in [0.15, 0.2) is 0 Å². The Morgan fingerprint density at radius 3 is 2.00 bits per heavy atom.